The zero-order chi connectivity index (χ0) is 14.5. The van der Waals surface area contributed by atoms with Crippen LogP contribution in [0.25, 0.3) is 0 Å². The maximum Gasteiger partial charge on any atom is 0.255 e. The van der Waals surface area contributed by atoms with Gasteiger partial charge in [-0.15, -0.1) is 0 Å². The molecular formula is C15H12FN3O. The number of aryl methyl sites for hydroxylation is 1. The van der Waals surface area contributed by atoms with E-state index in [9.17, 15) is 9.18 Å². The van der Waals surface area contributed by atoms with Crippen LogP contribution in [0.2, 0.25) is 0 Å². The fourth-order valence-corrected chi connectivity index (χ4v) is 1.72. The van der Waals surface area contributed by atoms with Crippen LogP contribution >= 0.6 is 0 Å². The van der Waals surface area contributed by atoms with Crippen molar-refractivity contribution in [3.05, 3.63) is 59.2 Å². The molecule has 0 unspecified atom stereocenters. The first-order chi connectivity index (χ1) is 9.60. The summed E-state index contributed by atoms with van der Waals surface area (Å²) in [5.41, 5.74) is 1.93. The SMILES string of the molecule is Cc1cc(NC(=O)c2ccnc(CC#N)c2)ccc1F. The molecule has 0 bridgehead atoms. The third-order valence-electron chi connectivity index (χ3n) is 2.75. The molecule has 5 heteroatoms. The first-order valence-electron chi connectivity index (χ1n) is 5.99. The second-order valence-corrected chi connectivity index (χ2v) is 4.29. The number of nitrogens with zero attached hydrogens (tertiary/aromatic N) is 2. The van der Waals surface area contributed by atoms with Crippen molar-refractivity contribution < 1.29 is 9.18 Å². The Hall–Kier alpha value is -2.74. The molecule has 2 aromatic rings. The minimum Gasteiger partial charge on any atom is -0.322 e. The second-order valence-electron chi connectivity index (χ2n) is 4.29. The van der Waals surface area contributed by atoms with Gasteiger partial charge in [-0.1, -0.05) is 0 Å². The van der Waals surface area contributed by atoms with Crippen LogP contribution in [0.3, 0.4) is 0 Å². The smallest absolute Gasteiger partial charge is 0.255 e. The molecule has 1 heterocycles. The number of aromatic nitrogens is 1. The number of pyridine rings is 1. The van der Waals surface area contributed by atoms with E-state index in [0.717, 1.165) is 0 Å². The Morgan fingerprint density at radius 2 is 2.20 bits per heavy atom. The van der Waals surface area contributed by atoms with E-state index in [1.807, 2.05) is 6.07 Å². The van der Waals surface area contributed by atoms with Crippen molar-refractivity contribution in [2.24, 2.45) is 0 Å². The molecule has 0 radical (unpaired) electrons. The van der Waals surface area contributed by atoms with Gasteiger partial charge in [0, 0.05) is 17.4 Å². The van der Waals surface area contributed by atoms with Crippen LogP contribution in [0.5, 0.6) is 0 Å². The van der Waals surface area contributed by atoms with Gasteiger partial charge in [0.15, 0.2) is 0 Å². The normalized spacial score (nSPS) is 9.85. The third-order valence-corrected chi connectivity index (χ3v) is 2.75. The van der Waals surface area contributed by atoms with Crippen LogP contribution in [0.4, 0.5) is 10.1 Å². The summed E-state index contributed by atoms with van der Waals surface area (Å²) in [4.78, 5) is 16.0. The summed E-state index contributed by atoms with van der Waals surface area (Å²) >= 11 is 0. The molecule has 1 aromatic carbocycles. The van der Waals surface area contributed by atoms with Crippen LogP contribution in [0, 0.1) is 24.1 Å². The topological polar surface area (TPSA) is 65.8 Å². The van der Waals surface area contributed by atoms with Crippen molar-refractivity contribution in [3.63, 3.8) is 0 Å². The lowest BCUT2D eigenvalue weighted by Crippen LogP contribution is -2.12. The van der Waals surface area contributed by atoms with Gasteiger partial charge >= 0.3 is 0 Å². The van der Waals surface area contributed by atoms with E-state index in [-0.39, 0.29) is 18.1 Å². The van der Waals surface area contributed by atoms with Crippen molar-refractivity contribution in [2.75, 3.05) is 5.32 Å². The standard InChI is InChI=1S/C15H12FN3O/c1-10-8-13(2-3-14(10)16)19-15(20)11-5-7-18-12(9-11)4-6-17/h2-3,5,7-9H,4H2,1H3,(H,19,20). The number of rotatable bonds is 3. The average Bonchev–Trinajstić information content (AvgIpc) is 2.43. The minimum absolute atomic E-state index is 0.150. The number of nitriles is 1. The molecule has 0 fully saturated rings. The summed E-state index contributed by atoms with van der Waals surface area (Å²) in [6.07, 6.45) is 1.63. The summed E-state index contributed by atoms with van der Waals surface area (Å²) < 4.78 is 13.1. The van der Waals surface area contributed by atoms with E-state index in [1.165, 1.54) is 18.3 Å². The number of nitrogens with one attached hydrogen (secondary N) is 1. The molecule has 1 aromatic heterocycles. The van der Waals surface area contributed by atoms with Gasteiger partial charge in [0.05, 0.1) is 18.2 Å². The highest BCUT2D eigenvalue weighted by Gasteiger charge is 2.08. The van der Waals surface area contributed by atoms with Crippen LogP contribution in [0.15, 0.2) is 36.5 Å². The Kier molecular flexibility index (Phi) is 4.06. The molecule has 0 saturated heterocycles. The summed E-state index contributed by atoms with van der Waals surface area (Å²) in [7, 11) is 0. The molecule has 1 N–H and O–H groups in total. The predicted octanol–water partition coefficient (Wildman–Crippen LogP) is 2.85. The first-order valence-corrected chi connectivity index (χ1v) is 5.99. The molecule has 0 spiro atoms. The molecule has 0 atom stereocenters. The molecule has 0 aliphatic rings. The quantitative estimate of drug-likeness (QED) is 0.931. The van der Waals surface area contributed by atoms with Crippen LogP contribution in [0.1, 0.15) is 21.6 Å². The molecule has 0 aliphatic carbocycles. The molecular weight excluding hydrogens is 257 g/mol. The number of anilines is 1. The van der Waals surface area contributed by atoms with Crippen molar-refractivity contribution in [1.82, 2.24) is 4.98 Å². The molecule has 20 heavy (non-hydrogen) atoms. The van der Waals surface area contributed by atoms with Gasteiger partial charge in [-0.3, -0.25) is 9.78 Å². The van der Waals surface area contributed by atoms with Gasteiger partial charge < -0.3 is 5.32 Å². The molecule has 0 aliphatic heterocycles. The minimum atomic E-state index is -0.322. The van der Waals surface area contributed by atoms with Crippen molar-refractivity contribution >= 4 is 11.6 Å². The maximum atomic E-state index is 13.1. The van der Waals surface area contributed by atoms with E-state index in [4.69, 9.17) is 5.26 Å². The van der Waals surface area contributed by atoms with E-state index in [0.29, 0.717) is 22.5 Å². The Morgan fingerprint density at radius 1 is 1.40 bits per heavy atom. The van der Waals surface area contributed by atoms with Crippen LogP contribution < -0.4 is 5.32 Å². The Morgan fingerprint density at radius 3 is 2.90 bits per heavy atom. The van der Waals surface area contributed by atoms with Gasteiger partial charge in [0.25, 0.3) is 5.91 Å². The molecule has 4 nitrogen and oxygen atoms in total. The molecule has 0 saturated carbocycles. The summed E-state index contributed by atoms with van der Waals surface area (Å²) in [5, 5.41) is 11.3. The monoisotopic (exact) mass is 269 g/mol. The maximum absolute atomic E-state index is 13.1. The third kappa shape index (κ3) is 3.18. The van der Waals surface area contributed by atoms with E-state index in [1.54, 1.807) is 25.1 Å². The molecule has 100 valence electrons. The lowest BCUT2D eigenvalue weighted by molar-refractivity contribution is 0.102. The highest BCUT2D eigenvalue weighted by Crippen LogP contribution is 2.15. The number of carbonyl (C=O) groups excluding carboxylic acids is 1. The van der Waals surface area contributed by atoms with Gasteiger partial charge in [-0.2, -0.15) is 5.26 Å². The largest absolute Gasteiger partial charge is 0.322 e. The summed E-state index contributed by atoms with van der Waals surface area (Å²) in [5.74, 6) is -0.638. The predicted molar refractivity (Wildman–Crippen MR) is 72.6 cm³/mol. The first kappa shape index (κ1) is 13.7. The van der Waals surface area contributed by atoms with Crippen LogP contribution in [-0.2, 0) is 6.42 Å². The second kappa shape index (κ2) is 5.93. The zero-order valence-corrected chi connectivity index (χ0v) is 10.9. The number of hydrogen-bond acceptors (Lipinski definition) is 3. The Balaban J connectivity index is 2.17. The average molecular weight is 269 g/mol. The number of halogens is 1. The fourth-order valence-electron chi connectivity index (χ4n) is 1.72. The lowest BCUT2D eigenvalue weighted by atomic mass is 10.1. The lowest BCUT2D eigenvalue weighted by Gasteiger charge is -2.07. The van der Waals surface area contributed by atoms with Gasteiger partial charge in [-0.05, 0) is 42.8 Å². The van der Waals surface area contributed by atoms with Crippen molar-refractivity contribution in [2.45, 2.75) is 13.3 Å². The highest BCUT2D eigenvalue weighted by atomic mass is 19.1. The number of carbonyl (C=O) groups is 1. The van der Waals surface area contributed by atoms with Gasteiger partial charge in [0.2, 0.25) is 0 Å². The highest BCUT2D eigenvalue weighted by molar-refractivity contribution is 6.04. The number of amides is 1. The fraction of sp³-hybridized carbons (Fsp3) is 0.133. The Labute approximate surface area is 115 Å². The molecule has 1 amide bonds. The van der Waals surface area contributed by atoms with E-state index in [2.05, 4.69) is 10.3 Å². The van der Waals surface area contributed by atoms with Crippen molar-refractivity contribution in [1.29, 1.82) is 5.26 Å². The number of hydrogen-bond donors (Lipinski definition) is 1. The van der Waals surface area contributed by atoms with Gasteiger partial charge in [0.1, 0.15) is 5.82 Å². The van der Waals surface area contributed by atoms with Crippen molar-refractivity contribution in [3.8, 4) is 6.07 Å². The summed E-state index contributed by atoms with van der Waals surface area (Å²) in [6, 6.07) is 9.47. The van der Waals surface area contributed by atoms with E-state index < -0.39 is 0 Å². The van der Waals surface area contributed by atoms with Gasteiger partial charge in [-0.25, -0.2) is 4.39 Å². The molecule has 2 rings (SSSR count). The van der Waals surface area contributed by atoms with E-state index >= 15 is 0 Å². The summed E-state index contributed by atoms with van der Waals surface area (Å²) in [6.45, 7) is 1.63. The van der Waals surface area contributed by atoms with Crippen LogP contribution in [-0.4, -0.2) is 10.9 Å². The Bertz CT molecular complexity index is 692. The zero-order valence-electron chi connectivity index (χ0n) is 10.9. The number of benzene rings is 1.